The van der Waals surface area contributed by atoms with Crippen molar-refractivity contribution < 1.29 is 19.1 Å². The van der Waals surface area contributed by atoms with E-state index in [0.29, 0.717) is 32.7 Å². The molecule has 8 heteroatoms. The molecule has 1 saturated heterocycles. The first kappa shape index (κ1) is 16.9. The lowest BCUT2D eigenvalue weighted by Gasteiger charge is -2.46. The van der Waals surface area contributed by atoms with Crippen LogP contribution >= 0.6 is 0 Å². The van der Waals surface area contributed by atoms with E-state index in [1.165, 1.54) is 7.11 Å². The summed E-state index contributed by atoms with van der Waals surface area (Å²) in [4.78, 5) is 28.2. The van der Waals surface area contributed by atoms with Crippen LogP contribution in [-0.2, 0) is 24.6 Å². The second-order valence-corrected chi connectivity index (χ2v) is 6.35. The Hall–Kier alpha value is -1.93. The van der Waals surface area contributed by atoms with Crippen LogP contribution in [0.5, 0.6) is 0 Å². The van der Waals surface area contributed by atoms with Crippen molar-refractivity contribution in [2.75, 3.05) is 52.0 Å². The van der Waals surface area contributed by atoms with Gasteiger partial charge in [0.15, 0.2) is 0 Å². The predicted molar refractivity (Wildman–Crippen MR) is 86.7 cm³/mol. The summed E-state index contributed by atoms with van der Waals surface area (Å²) >= 11 is 0. The SMILES string of the molecule is COCCN1C(=O)CC2(CCN(C(=O)COC)CC2)n2nccc21. The van der Waals surface area contributed by atoms with Gasteiger partial charge in [-0.1, -0.05) is 0 Å². The minimum absolute atomic E-state index is 0.00287. The van der Waals surface area contributed by atoms with Crippen molar-refractivity contribution in [3.05, 3.63) is 12.3 Å². The molecule has 0 bridgehead atoms. The van der Waals surface area contributed by atoms with Crippen LogP contribution < -0.4 is 4.90 Å². The molecule has 24 heavy (non-hydrogen) atoms. The number of carbonyl (C=O) groups excluding carboxylic acids is 2. The summed E-state index contributed by atoms with van der Waals surface area (Å²) < 4.78 is 12.0. The second-order valence-electron chi connectivity index (χ2n) is 6.35. The number of nitrogens with zero attached hydrogens (tertiary/aromatic N) is 4. The minimum atomic E-state index is -0.330. The zero-order valence-electron chi connectivity index (χ0n) is 14.2. The number of aromatic nitrogens is 2. The number of fused-ring (bicyclic) bond motifs is 2. The van der Waals surface area contributed by atoms with Gasteiger partial charge in [0.2, 0.25) is 11.8 Å². The average molecular weight is 336 g/mol. The summed E-state index contributed by atoms with van der Waals surface area (Å²) in [6.07, 6.45) is 3.59. The number of rotatable bonds is 5. The van der Waals surface area contributed by atoms with E-state index in [9.17, 15) is 9.59 Å². The topological polar surface area (TPSA) is 76.9 Å². The molecule has 2 aliphatic rings. The number of likely N-dealkylation sites (tertiary alicyclic amines) is 1. The molecular formula is C16H24N4O4. The van der Waals surface area contributed by atoms with Crippen LogP contribution in [0, 0.1) is 0 Å². The summed E-state index contributed by atoms with van der Waals surface area (Å²) in [7, 11) is 3.15. The number of hydrogen-bond donors (Lipinski definition) is 0. The first-order valence-electron chi connectivity index (χ1n) is 8.22. The molecule has 1 fully saturated rings. The van der Waals surface area contributed by atoms with Crippen molar-refractivity contribution in [2.45, 2.75) is 24.8 Å². The van der Waals surface area contributed by atoms with E-state index < -0.39 is 0 Å². The molecule has 0 atom stereocenters. The Morgan fingerprint density at radius 2 is 2.04 bits per heavy atom. The summed E-state index contributed by atoms with van der Waals surface area (Å²) in [6.45, 7) is 2.35. The van der Waals surface area contributed by atoms with Crippen molar-refractivity contribution in [1.82, 2.24) is 14.7 Å². The van der Waals surface area contributed by atoms with E-state index >= 15 is 0 Å². The van der Waals surface area contributed by atoms with E-state index in [1.807, 2.05) is 10.7 Å². The van der Waals surface area contributed by atoms with E-state index in [0.717, 1.165) is 18.7 Å². The molecule has 1 aromatic heterocycles. The maximum absolute atomic E-state index is 12.7. The fraction of sp³-hybridized carbons (Fsp3) is 0.688. The lowest BCUT2D eigenvalue weighted by atomic mass is 9.82. The molecule has 0 N–H and O–H groups in total. The maximum Gasteiger partial charge on any atom is 0.248 e. The highest BCUT2D eigenvalue weighted by Crippen LogP contribution is 2.40. The zero-order valence-corrected chi connectivity index (χ0v) is 14.2. The summed E-state index contributed by atoms with van der Waals surface area (Å²) in [5.41, 5.74) is -0.330. The Morgan fingerprint density at radius 3 is 2.71 bits per heavy atom. The van der Waals surface area contributed by atoms with Crippen LogP contribution in [0.1, 0.15) is 19.3 Å². The van der Waals surface area contributed by atoms with Crippen molar-refractivity contribution in [2.24, 2.45) is 0 Å². The van der Waals surface area contributed by atoms with Gasteiger partial charge in [0, 0.05) is 33.4 Å². The van der Waals surface area contributed by atoms with Gasteiger partial charge in [0.05, 0.1) is 31.3 Å². The lowest BCUT2D eigenvalue weighted by Crippen LogP contribution is -2.55. The summed E-state index contributed by atoms with van der Waals surface area (Å²) in [5, 5.41) is 4.49. The number of carbonyl (C=O) groups is 2. The van der Waals surface area contributed by atoms with Gasteiger partial charge in [0.25, 0.3) is 0 Å². The van der Waals surface area contributed by atoms with Crippen LogP contribution in [0.2, 0.25) is 0 Å². The van der Waals surface area contributed by atoms with Gasteiger partial charge in [0.1, 0.15) is 12.4 Å². The highest BCUT2D eigenvalue weighted by atomic mass is 16.5. The molecule has 3 rings (SSSR count). The molecule has 132 valence electrons. The van der Waals surface area contributed by atoms with Gasteiger partial charge in [-0.25, -0.2) is 4.68 Å². The smallest absolute Gasteiger partial charge is 0.248 e. The Kier molecular flexibility index (Phi) is 4.86. The second kappa shape index (κ2) is 6.90. The molecule has 2 aliphatic heterocycles. The molecule has 0 unspecified atom stereocenters. The van der Waals surface area contributed by atoms with Crippen LogP contribution in [0.3, 0.4) is 0 Å². The monoisotopic (exact) mass is 336 g/mol. The number of hydrogen-bond acceptors (Lipinski definition) is 5. The van der Waals surface area contributed by atoms with Gasteiger partial charge in [-0.2, -0.15) is 5.10 Å². The highest BCUT2D eigenvalue weighted by Gasteiger charge is 2.46. The van der Waals surface area contributed by atoms with Gasteiger partial charge in [-0.05, 0) is 12.8 Å². The highest BCUT2D eigenvalue weighted by molar-refractivity contribution is 5.94. The molecule has 0 saturated carbocycles. The van der Waals surface area contributed by atoms with Crippen molar-refractivity contribution in [3.63, 3.8) is 0 Å². The number of methoxy groups -OCH3 is 2. The molecule has 0 radical (unpaired) electrons. The first-order chi connectivity index (χ1) is 11.6. The molecule has 1 spiro atoms. The largest absolute Gasteiger partial charge is 0.383 e. The van der Waals surface area contributed by atoms with E-state index in [2.05, 4.69) is 5.10 Å². The Bertz CT molecular complexity index is 607. The van der Waals surface area contributed by atoms with Gasteiger partial charge in [-0.15, -0.1) is 0 Å². The molecular weight excluding hydrogens is 312 g/mol. The van der Waals surface area contributed by atoms with Gasteiger partial charge >= 0.3 is 0 Å². The maximum atomic E-state index is 12.7. The van der Waals surface area contributed by atoms with E-state index in [-0.39, 0.29) is 24.0 Å². The van der Waals surface area contributed by atoms with Crippen molar-refractivity contribution in [1.29, 1.82) is 0 Å². The Morgan fingerprint density at radius 1 is 1.29 bits per heavy atom. The predicted octanol–water partition coefficient (Wildman–Crippen LogP) is 0.230. The summed E-state index contributed by atoms with van der Waals surface area (Å²) in [5.74, 6) is 0.911. The van der Waals surface area contributed by atoms with E-state index in [1.54, 1.807) is 23.1 Å². The molecule has 0 aliphatic carbocycles. The molecule has 8 nitrogen and oxygen atoms in total. The number of piperidine rings is 1. The minimum Gasteiger partial charge on any atom is -0.383 e. The van der Waals surface area contributed by atoms with Gasteiger partial charge < -0.3 is 14.4 Å². The van der Waals surface area contributed by atoms with Crippen LogP contribution in [-0.4, -0.2) is 73.6 Å². The number of anilines is 1. The number of amides is 2. The van der Waals surface area contributed by atoms with Gasteiger partial charge in [-0.3, -0.25) is 14.5 Å². The lowest BCUT2D eigenvalue weighted by molar-refractivity contribution is -0.138. The molecule has 3 heterocycles. The standard InChI is InChI=1S/C16H24N4O4/c1-23-10-9-19-13-3-6-17-20(13)16(11-14(19)21)4-7-18(8-5-16)15(22)12-24-2/h3,6H,4-5,7-12H2,1-2H3. The third-order valence-electron chi connectivity index (χ3n) is 4.96. The third kappa shape index (κ3) is 2.91. The molecule has 1 aromatic rings. The fourth-order valence-corrected chi connectivity index (χ4v) is 3.64. The summed E-state index contributed by atoms with van der Waals surface area (Å²) in [6, 6.07) is 1.87. The first-order valence-corrected chi connectivity index (χ1v) is 8.22. The zero-order chi connectivity index (χ0) is 17.2. The third-order valence-corrected chi connectivity index (χ3v) is 4.96. The Labute approximate surface area is 141 Å². The fourth-order valence-electron chi connectivity index (χ4n) is 3.64. The molecule has 2 amide bonds. The normalized spacial score (nSPS) is 19.7. The van der Waals surface area contributed by atoms with Crippen LogP contribution in [0.25, 0.3) is 0 Å². The number of ether oxygens (including phenoxy) is 2. The van der Waals surface area contributed by atoms with Crippen LogP contribution in [0.15, 0.2) is 12.3 Å². The average Bonchev–Trinajstić information content (AvgIpc) is 3.06. The quantitative estimate of drug-likeness (QED) is 0.769. The van der Waals surface area contributed by atoms with Crippen molar-refractivity contribution in [3.8, 4) is 0 Å². The molecule has 0 aromatic carbocycles. The van der Waals surface area contributed by atoms with Crippen molar-refractivity contribution >= 4 is 17.6 Å². The Balaban J connectivity index is 1.78. The van der Waals surface area contributed by atoms with E-state index in [4.69, 9.17) is 9.47 Å². The van der Waals surface area contributed by atoms with Crippen LogP contribution in [0.4, 0.5) is 5.82 Å².